The highest BCUT2D eigenvalue weighted by atomic mass is 16.3. The number of fused-ring (bicyclic) bond motifs is 18. The number of hydrogen-bond acceptors (Lipinski definition) is 2. The minimum Gasteiger partial charge on any atom is -0.456 e. The third kappa shape index (κ3) is 3.92. The maximum atomic E-state index is 6.39. The molecule has 3 aliphatic carbocycles. The Balaban J connectivity index is 1.13. The Morgan fingerprint density at radius 1 is 0.397 bits per heavy atom. The Bertz CT molecular complexity index is 3400. The minimum absolute atomic E-state index is 0.147. The van der Waals surface area contributed by atoms with E-state index in [1.165, 1.54) is 77.5 Å². The van der Waals surface area contributed by atoms with Crippen molar-refractivity contribution in [3.8, 4) is 33.4 Å². The Morgan fingerprint density at radius 3 is 1.83 bits per heavy atom. The molecule has 3 aliphatic rings. The lowest BCUT2D eigenvalue weighted by Crippen LogP contribution is -2.26. The summed E-state index contributed by atoms with van der Waals surface area (Å²) in [6, 6.07) is 70.1. The average Bonchev–Trinajstić information content (AvgIpc) is 3.96. The minimum atomic E-state index is -0.493. The van der Waals surface area contributed by atoms with Crippen LogP contribution in [-0.4, -0.2) is 0 Å². The van der Waals surface area contributed by atoms with Crippen LogP contribution in [0.3, 0.4) is 0 Å². The molecule has 1 heterocycles. The van der Waals surface area contributed by atoms with E-state index in [9.17, 15) is 0 Å². The Morgan fingerprint density at radius 2 is 0.983 bits per heavy atom. The molecule has 58 heavy (non-hydrogen) atoms. The van der Waals surface area contributed by atoms with Crippen LogP contribution >= 0.6 is 0 Å². The van der Waals surface area contributed by atoms with Crippen molar-refractivity contribution in [1.29, 1.82) is 0 Å². The monoisotopic (exact) mass is 739 g/mol. The maximum Gasteiger partial charge on any atom is 0.135 e. The summed E-state index contributed by atoms with van der Waals surface area (Å²) in [6.07, 6.45) is 0. The molecule has 10 aromatic rings. The number of hydrogen-bond donors (Lipinski definition) is 0. The molecule has 1 unspecified atom stereocenters. The van der Waals surface area contributed by atoms with Crippen molar-refractivity contribution < 1.29 is 4.42 Å². The quantitative estimate of drug-likeness (QED) is 0.179. The lowest BCUT2D eigenvalue weighted by atomic mass is 9.69. The van der Waals surface area contributed by atoms with Crippen LogP contribution in [0.4, 0.5) is 17.1 Å². The molecule has 0 amide bonds. The van der Waals surface area contributed by atoms with Crippen molar-refractivity contribution in [2.24, 2.45) is 0 Å². The normalized spacial score (nSPS) is 16.3. The van der Waals surface area contributed by atoms with Crippen LogP contribution in [-0.2, 0) is 10.8 Å². The Hall–Kier alpha value is -7.16. The first-order valence-electron chi connectivity index (χ1n) is 20.3. The second-order valence-electron chi connectivity index (χ2n) is 16.8. The predicted octanol–water partition coefficient (Wildman–Crippen LogP) is 14.9. The standard InChI is InChI=1S/C56H37NO/c1-55(2)45-20-9-5-16-38(45)40-30-27-36(33-49(40)55)57(35-28-31-52-44(32-35)41-18-8-12-25-51(41)58-52)50-24-13-23-48-53(50)43-19-7-11-22-47(43)56(48)46-21-10-6-17-39(46)42-29-26-34-14-3-4-15-37(34)54(42)56/h3-33H,1-2H3. The van der Waals surface area contributed by atoms with Crippen molar-refractivity contribution in [2.75, 3.05) is 4.90 Å². The molecule has 0 bridgehead atoms. The van der Waals surface area contributed by atoms with Crippen LogP contribution in [0.2, 0.25) is 0 Å². The highest BCUT2D eigenvalue weighted by molar-refractivity contribution is 6.09. The summed E-state index contributed by atoms with van der Waals surface area (Å²) in [6.45, 7) is 4.74. The van der Waals surface area contributed by atoms with Crippen molar-refractivity contribution in [3.05, 3.63) is 221 Å². The van der Waals surface area contributed by atoms with Gasteiger partial charge in [0.1, 0.15) is 11.2 Å². The van der Waals surface area contributed by atoms with E-state index in [1.807, 2.05) is 6.07 Å². The van der Waals surface area contributed by atoms with E-state index in [0.29, 0.717) is 0 Å². The SMILES string of the molecule is CC1(C)c2ccccc2-c2ccc(N(c3ccc4oc5ccccc5c4c3)c3cccc4c3-c3ccccc3C43c4ccccc4-c4ccc5ccccc5c43)cc21. The molecule has 9 aromatic carbocycles. The summed E-state index contributed by atoms with van der Waals surface area (Å²) in [4.78, 5) is 2.51. The average molecular weight is 740 g/mol. The smallest absolute Gasteiger partial charge is 0.135 e. The van der Waals surface area contributed by atoms with Crippen molar-refractivity contribution in [3.63, 3.8) is 0 Å². The molecule has 13 rings (SSSR count). The molecule has 0 saturated carbocycles. The third-order valence-electron chi connectivity index (χ3n) is 13.7. The van der Waals surface area contributed by atoms with Gasteiger partial charge in [0.25, 0.3) is 0 Å². The topological polar surface area (TPSA) is 16.4 Å². The summed E-state index contributed by atoms with van der Waals surface area (Å²) in [5.74, 6) is 0. The van der Waals surface area contributed by atoms with Gasteiger partial charge in [-0.25, -0.2) is 0 Å². The van der Waals surface area contributed by atoms with Gasteiger partial charge in [-0.3, -0.25) is 0 Å². The highest BCUT2D eigenvalue weighted by Crippen LogP contribution is 2.66. The van der Waals surface area contributed by atoms with Gasteiger partial charge in [-0.05, 0) is 114 Å². The van der Waals surface area contributed by atoms with Crippen molar-refractivity contribution >= 4 is 49.8 Å². The predicted molar refractivity (Wildman–Crippen MR) is 240 cm³/mol. The lowest BCUT2D eigenvalue weighted by molar-refractivity contribution is 0.660. The van der Waals surface area contributed by atoms with Crippen LogP contribution in [0.15, 0.2) is 192 Å². The van der Waals surface area contributed by atoms with Gasteiger partial charge < -0.3 is 9.32 Å². The first-order valence-corrected chi connectivity index (χ1v) is 20.3. The van der Waals surface area contributed by atoms with Gasteiger partial charge in [0.2, 0.25) is 0 Å². The molecule has 1 aromatic heterocycles. The molecule has 0 N–H and O–H groups in total. The zero-order valence-electron chi connectivity index (χ0n) is 32.3. The van der Waals surface area contributed by atoms with Crippen LogP contribution in [0.1, 0.15) is 47.2 Å². The first kappa shape index (κ1) is 32.0. The van der Waals surface area contributed by atoms with Crippen LogP contribution in [0.25, 0.3) is 66.1 Å². The maximum absolute atomic E-state index is 6.39. The van der Waals surface area contributed by atoms with Crippen LogP contribution in [0, 0.1) is 0 Å². The van der Waals surface area contributed by atoms with Gasteiger partial charge in [-0.2, -0.15) is 0 Å². The van der Waals surface area contributed by atoms with Gasteiger partial charge in [0.05, 0.1) is 11.1 Å². The van der Waals surface area contributed by atoms with Gasteiger partial charge in [-0.15, -0.1) is 0 Å². The highest BCUT2D eigenvalue weighted by Gasteiger charge is 2.53. The van der Waals surface area contributed by atoms with E-state index < -0.39 is 5.41 Å². The number of rotatable bonds is 3. The fraction of sp³-hybridized carbons (Fsp3) is 0.0714. The van der Waals surface area contributed by atoms with E-state index >= 15 is 0 Å². The second kappa shape index (κ2) is 11.2. The van der Waals surface area contributed by atoms with Crippen LogP contribution in [0.5, 0.6) is 0 Å². The third-order valence-corrected chi connectivity index (χ3v) is 13.7. The van der Waals surface area contributed by atoms with E-state index in [-0.39, 0.29) is 5.41 Å². The molecule has 0 aliphatic heterocycles. The first-order chi connectivity index (χ1) is 28.5. The largest absolute Gasteiger partial charge is 0.456 e. The zero-order chi connectivity index (χ0) is 38.3. The number of anilines is 3. The Labute approximate surface area is 337 Å². The molecular formula is C56H37NO. The van der Waals surface area contributed by atoms with Gasteiger partial charge >= 0.3 is 0 Å². The Kier molecular flexibility index (Phi) is 6.20. The zero-order valence-corrected chi connectivity index (χ0v) is 32.3. The van der Waals surface area contributed by atoms with E-state index in [2.05, 4.69) is 201 Å². The second-order valence-corrected chi connectivity index (χ2v) is 16.8. The number of benzene rings is 9. The number of furan rings is 1. The molecular weight excluding hydrogens is 703 g/mol. The number of nitrogens with zero attached hydrogens (tertiary/aromatic N) is 1. The van der Waals surface area contributed by atoms with Crippen LogP contribution < -0.4 is 4.90 Å². The molecule has 1 spiro atoms. The molecule has 272 valence electrons. The van der Waals surface area contributed by atoms with Gasteiger partial charge in [0, 0.05) is 33.1 Å². The number of para-hydroxylation sites is 1. The summed E-state index contributed by atoms with van der Waals surface area (Å²) in [5, 5.41) is 4.80. The molecule has 0 fully saturated rings. The van der Waals surface area contributed by atoms with Gasteiger partial charge in [0.15, 0.2) is 0 Å². The fourth-order valence-corrected chi connectivity index (χ4v) is 11.2. The summed E-state index contributed by atoms with van der Waals surface area (Å²) in [7, 11) is 0. The van der Waals surface area contributed by atoms with E-state index in [4.69, 9.17) is 4.42 Å². The molecule has 2 heteroatoms. The molecule has 0 saturated heterocycles. The summed E-state index contributed by atoms with van der Waals surface area (Å²) < 4.78 is 6.39. The molecule has 0 radical (unpaired) electrons. The van der Waals surface area contributed by atoms with Crippen molar-refractivity contribution in [1.82, 2.24) is 0 Å². The fourth-order valence-electron chi connectivity index (χ4n) is 11.2. The van der Waals surface area contributed by atoms with Crippen molar-refractivity contribution in [2.45, 2.75) is 24.7 Å². The van der Waals surface area contributed by atoms with Gasteiger partial charge in [-0.1, -0.05) is 159 Å². The molecule has 1 atom stereocenters. The molecule has 2 nitrogen and oxygen atoms in total. The van der Waals surface area contributed by atoms with E-state index in [1.54, 1.807) is 0 Å². The van der Waals surface area contributed by atoms with E-state index in [0.717, 1.165) is 39.0 Å². The summed E-state index contributed by atoms with van der Waals surface area (Å²) in [5.41, 5.74) is 20.5. The summed E-state index contributed by atoms with van der Waals surface area (Å²) >= 11 is 0. The lowest BCUT2D eigenvalue weighted by Gasteiger charge is -2.33.